The maximum Gasteiger partial charge on any atom is 0.227 e. The average Bonchev–Trinajstić information content (AvgIpc) is 2.76. The fraction of sp³-hybridized carbons (Fsp3) is 0.750. The van der Waals surface area contributed by atoms with Crippen molar-refractivity contribution in [3.05, 3.63) is 12.2 Å². The quantitative estimate of drug-likeness (QED) is 0.835. The average molecular weight is 288 g/mol. The van der Waals surface area contributed by atoms with E-state index in [2.05, 4.69) is 20.7 Å². The van der Waals surface area contributed by atoms with Gasteiger partial charge in [0.05, 0.1) is 5.41 Å². The zero-order valence-corrected chi connectivity index (χ0v) is 12.3. The van der Waals surface area contributed by atoms with E-state index in [0.717, 1.165) is 31.8 Å². The largest absolute Gasteiger partial charge is 0.355 e. The number of nitrogens with one attached hydrogen (secondary N) is 2. The predicted octanol–water partition coefficient (Wildman–Crippen LogP) is 0.285. The number of hydrogen-bond acceptors (Lipinski definition) is 4. The van der Waals surface area contributed by atoms with E-state index in [0.29, 0.717) is 13.0 Å². The molecule has 0 bridgehead atoms. The van der Waals surface area contributed by atoms with Crippen molar-refractivity contribution in [3.8, 4) is 0 Å². The van der Waals surface area contributed by atoms with E-state index in [1.165, 1.54) is 0 Å². The number of aromatic nitrogens is 3. The van der Waals surface area contributed by atoms with Gasteiger partial charge >= 0.3 is 0 Å². The van der Waals surface area contributed by atoms with Crippen LogP contribution in [0.4, 0.5) is 0 Å². The molecule has 1 amide bonds. The maximum absolute atomic E-state index is 12.1. The Morgan fingerprint density at radius 1 is 1.63 bits per heavy atom. The van der Waals surface area contributed by atoms with E-state index in [1.807, 2.05) is 14.0 Å². The summed E-state index contributed by atoms with van der Waals surface area (Å²) in [5.74, 6) is 0.898. The number of amides is 1. The molecule has 19 heavy (non-hydrogen) atoms. The van der Waals surface area contributed by atoms with Crippen molar-refractivity contribution in [2.75, 3.05) is 19.6 Å². The van der Waals surface area contributed by atoms with Crippen LogP contribution in [0.3, 0.4) is 0 Å². The Balaban J connectivity index is 0.00000180. The maximum atomic E-state index is 12.1. The monoisotopic (exact) mass is 287 g/mol. The molecule has 1 fully saturated rings. The normalized spacial score (nSPS) is 22.6. The highest BCUT2D eigenvalue weighted by Gasteiger charge is 2.34. The molecule has 2 N–H and O–H groups in total. The number of aryl methyl sites for hydroxylation is 1. The third-order valence-electron chi connectivity index (χ3n) is 3.43. The van der Waals surface area contributed by atoms with E-state index in [1.54, 1.807) is 11.0 Å². The second-order valence-electron chi connectivity index (χ2n) is 5.18. The van der Waals surface area contributed by atoms with Gasteiger partial charge in [0, 0.05) is 26.6 Å². The van der Waals surface area contributed by atoms with Gasteiger partial charge in [-0.3, -0.25) is 9.48 Å². The highest BCUT2D eigenvalue weighted by Crippen LogP contribution is 2.25. The zero-order valence-electron chi connectivity index (χ0n) is 11.5. The van der Waals surface area contributed by atoms with E-state index in [-0.39, 0.29) is 23.7 Å². The molecule has 1 aromatic heterocycles. The number of piperidine rings is 1. The molecule has 2 heterocycles. The van der Waals surface area contributed by atoms with Gasteiger partial charge in [-0.15, -0.1) is 12.4 Å². The molecule has 1 unspecified atom stereocenters. The molecule has 1 aliphatic heterocycles. The van der Waals surface area contributed by atoms with Gasteiger partial charge in [-0.2, -0.15) is 5.10 Å². The molecular formula is C12H22ClN5O. The highest BCUT2D eigenvalue weighted by atomic mass is 35.5. The first-order valence-corrected chi connectivity index (χ1v) is 6.44. The van der Waals surface area contributed by atoms with E-state index >= 15 is 0 Å². The number of nitrogens with zero attached hydrogens (tertiary/aromatic N) is 3. The second-order valence-corrected chi connectivity index (χ2v) is 5.18. The minimum atomic E-state index is -0.268. The van der Waals surface area contributed by atoms with Crippen molar-refractivity contribution in [2.45, 2.75) is 26.2 Å². The lowest BCUT2D eigenvalue weighted by Gasteiger charge is -2.32. The molecule has 0 spiro atoms. The molecular weight excluding hydrogens is 266 g/mol. The van der Waals surface area contributed by atoms with Crippen molar-refractivity contribution in [1.29, 1.82) is 0 Å². The van der Waals surface area contributed by atoms with Crippen LogP contribution in [0.15, 0.2) is 6.33 Å². The summed E-state index contributed by atoms with van der Waals surface area (Å²) in [6, 6.07) is 0. The van der Waals surface area contributed by atoms with Crippen LogP contribution >= 0.6 is 12.4 Å². The zero-order chi connectivity index (χ0) is 13.0. The lowest BCUT2D eigenvalue weighted by molar-refractivity contribution is -0.131. The van der Waals surface area contributed by atoms with E-state index in [4.69, 9.17) is 0 Å². The van der Waals surface area contributed by atoms with Gasteiger partial charge in [0.1, 0.15) is 6.33 Å². The van der Waals surface area contributed by atoms with Crippen LogP contribution in [-0.2, 0) is 18.3 Å². The van der Waals surface area contributed by atoms with Crippen LogP contribution < -0.4 is 10.6 Å². The lowest BCUT2D eigenvalue weighted by Crippen LogP contribution is -2.49. The summed E-state index contributed by atoms with van der Waals surface area (Å²) in [5, 5.41) is 10.4. The first-order valence-electron chi connectivity index (χ1n) is 6.44. The molecule has 2 rings (SSSR count). The molecule has 108 valence electrons. The smallest absolute Gasteiger partial charge is 0.227 e. The Morgan fingerprint density at radius 3 is 3.00 bits per heavy atom. The molecule has 7 heteroatoms. The van der Waals surface area contributed by atoms with E-state index in [9.17, 15) is 4.79 Å². The topological polar surface area (TPSA) is 71.8 Å². The van der Waals surface area contributed by atoms with Crippen molar-refractivity contribution >= 4 is 18.3 Å². The van der Waals surface area contributed by atoms with Gasteiger partial charge in [0.15, 0.2) is 5.82 Å². The van der Waals surface area contributed by atoms with Gasteiger partial charge in [0.25, 0.3) is 0 Å². The Hall–Kier alpha value is -1.14. The number of rotatable bonds is 4. The Bertz CT molecular complexity index is 414. The summed E-state index contributed by atoms with van der Waals surface area (Å²) in [5.41, 5.74) is -0.268. The summed E-state index contributed by atoms with van der Waals surface area (Å²) in [7, 11) is 1.84. The minimum absolute atomic E-state index is 0. The van der Waals surface area contributed by atoms with Gasteiger partial charge in [-0.1, -0.05) is 0 Å². The van der Waals surface area contributed by atoms with Crippen LogP contribution in [-0.4, -0.2) is 40.3 Å². The minimum Gasteiger partial charge on any atom is -0.355 e. The first-order chi connectivity index (χ1) is 8.60. The fourth-order valence-electron chi connectivity index (χ4n) is 2.25. The Morgan fingerprint density at radius 2 is 2.42 bits per heavy atom. The standard InChI is InChI=1S/C12H21N5O.ClH/c1-12(5-3-6-13-8-12)11(18)14-7-4-10-15-9-17(2)16-10;/h9,13H,3-8H2,1-2H3,(H,14,18);1H. The number of carbonyl (C=O) groups excluding carboxylic acids is 1. The number of hydrogen-bond donors (Lipinski definition) is 2. The second kappa shape index (κ2) is 6.86. The summed E-state index contributed by atoms with van der Waals surface area (Å²) < 4.78 is 1.67. The highest BCUT2D eigenvalue weighted by molar-refractivity contribution is 5.85. The molecule has 0 aromatic carbocycles. The molecule has 0 aliphatic carbocycles. The van der Waals surface area contributed by atoms with Crippen molar-refractivity contribution in [3.63, 3.8) is 0 Å². The molecule has 0 radical (unpaired) electrons. The summed E-state index contributed by atoms with van der Waals surface area (Å²) in [6.07, 6.45) is 4.36. The summed E-state index contributed by atoms with van der Waals surface area (Å²) in [6.45, 7) is 4.40. The third-order valence-corrected chi connectivity index (χ3v) is 3.43. The molecule has 1 saturated heterocycles. The SMILES string of the molecule is Cl.Cn1cnc(CCNC(=O)C2(C)CCCNC2)n1. The van der Waals surface area contributed by atoms with Crippen molar-refractivity contribution in [1.82, 2.24) is 25.4 Å². The molecule has 1 aliphatic rings. The molecule has 1 atom stereocenters. The summed E-state index contributed by atoms with van der Waals surface area (Å²) in [4.78, 5) is 16.2. The molecule has 0 saturated carbocycles. The summed E-state index contributed by atoms with van der Waals surface area (Å²) >= 11 is 0. The number of halogens is 1. The predicted molar refractivity (Wildman–Crippen MR) is 75.2 cm³/mol. The van der Waals surface area contributed by atoms with Gasteiger partial charge in [-0.05, 0) is 26.3 Å². The van der Waals surface area contributed by atoms with Gasteiger partial charge < -0.3 is 10.6 Å². The first kappa shape index (κ1) is 15.9. The van der Waals surface area contributed by atoms with Crippen LogP contribution in [0.2, 0.25) is 0 Å². The van der Waals surface area contributed by atoms with Gasteiger partial charge in [-0.25, -0.2) is 4.98 Å². The van der Waals surface area contributed by atoms with Gasteiger partial charge in [0.2, 0.25) is 5.91 Å². The van der Waals surface area contributed by atoms with Crippen LogP contribution in [0, 0.1) is 5.41 Å². The Kier molecular flexibility index (Phi) is 5.75. The fourth-order valence-corrected chi connectivity index (χ4v) is 2.25. The molecule has 6 nitrogen and oxygen atoms in total. The lowest BCUT2D eigenvalue weighted by atomic mass is 9.82. The van der Waals surface area contributed by atoms with Crippen LogP contribution in [0.1, 0.15) is 25.6 Å². The Labute approximate surface area is 119 Å². The van der Waals surface area contributed by atoms with Crippen LogP contribution in [0.25, 0.3) is 0 Å². The third kappa shape index (κ3) is 4.18. The molecule has 1 aromatic rings. The number of carbonyl (C=O) groups is 1. The van der Waals surface area contributed by atoms with Crippen molar-refractivity contribution < 1.29 is 4.79 Å². The van der Waals surface area contributed by atoms with Crippen LogP contribution in [0.5, 0.6) is 0 Å². The van der Waals surface area contributed by atoms with E-state index < -0.39 is 0 Å². The van der Waals surface area contributed by atoms with Crippen molar-refractivity contribution in [2.24, 2.45) is 12.5 Å².